The van der Waals surface area contributed by atoms with E-state index < -0.39 is 5.60 Å². The summed E-state index contributed by atoms with van der Waals surface area (Å²) in [7, 11) is 0. The van der Waals surface area contributed by atoms with E-state index in [0.29, 0.717) is 24.2 Å². The van der Waals surface area contributed by atoms with Gasteiger partial charge in [-0.1, -0.05) is 24.3 Å². The first-order valence-electron chi connectivity index (χ1n) is 8.57. The quantitative estimate of drug-likeness (QED) is 0.697. The fourth-order valence-corrected chi connectivity index (χ4v) is 3.39. The molecule has 1 aromatic heterocycles. The third-order valence-corrected chi connectivity index (χ3v) is 4.53. The van der Waals surface area contributed by atoms with Gasteiger partial charge in [-0.25, -0.2) is 14.2 Å². The van der Waals surface area contributed by atoms with E-state index in [2.05, 4.69) is 11.6 Å². The van der Waals surface area contributed by atoms with Crippen molar-refractivity contribution in [1.82, 2.24) is 9.88 Å². The molecule has 0 aliphatic carbocycles. The summed E-state index contributed by atoms with van der Waals surface area (Å²) < 4.78 is 19.9. The maximum absolute atomic E-state index is 14.4. The van der Waals surface area contributed by atoms with Crippen LogP contribution < -0.4 is 0 Å². The highest BCUT2D eigenvalue weighted by atomic mass is 35.5. The number of nitrogens with zero attached hydrogens (tertiary/aromatic N) is 2. The van der Waals surface area contributed by atoms with Crippen LogP contribution in [0.15, 0.2) is 12.6 Å². The fourth-order valence-electron chi connectivity index (χ4n) is 3.17. The van der Waals surface area contributed by atoms with Crippen LogP contribution in [0, 0.1) is 11.7 Å². The van der Waals surface area contributed by atoms with Crippen LogP contribution in [0.25, 0.3) is 6.08 Å². The molecule has 1 saturated heterocycles. The van der Waals surface area contributed by atoms with Crippen molar-refractivity contribution in [3.05, 3.63) is 34.9 Å². The van der Waals surface area contributed by atoms with Crippen molar-refractivity contribution in [2.45, 2.75) is 58.6 Å². The third-order valence-electron chi connectivity index (χ3n) is 4.34. The van der Waals surface area contributed by atoms with Crippen LogP contribution in [0.4, 0.5) is 9.18 Å². The molecule has 0 saturated carbocycles. The van der Waals surface area contributed by atoms with Crippen LogP contribution in [0.5, 0.6) is 0 Å². The van der Waals surface area contributed by atoms with Gasteiger partial charge in [-0.3, -0.25) is 0 Å². The Kier molecular flexibility index (Phi) is 6.09. The van der Waals surface area contributed by atoms with Gasteiger partial charge in [0.1, 0.15) is 10.8 Å². The SMILES string of the molecule is C=Cc1cc(Cl)nc(CC2CCN(C(=O)OC(C)(C)C)[C@H](C)C2)c1F. The molecule has 0 N–H and O–H groups in total. The highest BCUT2D eigenvalue weighted by Crippen LogP contribution is 2.29. The van der Waals surface area contributed by atoms with Gasteiger partial charge in [0.05, 0.1) is 5.69 Å². The van der Waals surface area contributed by atoms with E-state index in [1.54, 1.807) is 4.90 Å². The average Bonchev–Trinajstić information content (AvgIpc) is 2.48. The van der Waals surface area contributed by atoms with Gasteiger partial charge in [0.2, 0.25) is 0 Å². The molecule has 2 rings (SSSR count). The number of halogens is 2. The van der Waals surface area contributed by atoms with Crippen molar-refractivity contribution in [2.75, 3.05) is 6.54 Å². The molecule has 2 heterocycles. The van der Waals surface area contributed by atoms with Gasteiger partial charge < -0.3 is 9.64 Å². The molecule has 1 amide bonds. The van der Waals surface area contributed by atoms with Crippen LogP contribution in [0.2, 0.25) is 5.15 Å². The summed E-state index contributed by atoms with van der Waals surface area (Å²) in [6.45, 7) is 11.8. The highest BCUT2D eigenvalue weighted by molar-refractivity contribution is 6.29. The maximum Gasteiger partial charge on any atom is 0.410 e. The minimum absolute atomic E-state index is 0.0368. The topological polar surface area (TPSA) is 42.4 Å². The van der Waals surface area contributed by atoms with Crippen LogP contribution in [-0.4, -0.2) is 34.2 Å². The molecule has 1 aliphatic heterocycles. The minimum atomic E-state index is -0.511. The lowest BCUT2D eigenvalue weighted by Crippen LogP contribution is -2.47. The molecule has 1 aromatic rings. The second-order valence-electron chi connectivity index (χ2n) is 7.62. The number of aromatic nitrogens is 1. The van der Waals surface area contributed by atoms with E-state index >= 15 is 0 Å². The maximum atomic E-state index is 14.4. The van der Waals surface area contributed by atoms with Gasteiger partial charge in [0.15, 0.2) is 5.82 Å². The molecule has 1 fully saturated rings. The molecule has 1 aliphatic rings. The Bertz CT molecular complexity index is 658. The molecular weight excluding hydrogens is 343 g/mol. The molecule has 25 heavy (non-hydrogen) atoms. The summed E-state index contributed by atoms with van der Waals surface area (Å²) in [5.41, 5.74) is 0.224. The zero-order valence-corrected chi connectivity index (χ0v) is 16.1. The number of pyridine rings is 1. The molecule has 0 radical (unpaired) electrons. The molecule has 4 nitrogen and oxygen atoms in total. The van der Waals surface area contributed by atoms with Crippen molar-refractivity contribution < 1.29 is 13.9 Å². The second-order valence-corrected chi connectivity index (χ2v) is 8.00. The number of carbonyl (C=O) groups excluding carboxylic acids is 1. The number of piperidine rings is 1. The van der Waals surface area contributed by atoms with E-state index in [-0.39, 0.29) is 29.0 Å². The zero-order valence-electron chi connectivity index (χ0n) is 15.3. The van der Waals surface area contributed by atoms with E-state index in [1.165, 1.54) is 12.1 Å². The minimum Gasteiger partial charge on any atom is -0.444 e. The van der Waals surface area contributed by atoms with E-state index in [1.807, 2.05) is 27.7 Å². The smallest absolute Gasteiger partial charge is 0.410 e. The molecule has 6 heteroatoms. The van der Waals surface area contributed by atoms with E-state index in [9.17, 15) is 9.18 Å². The predicted molar refractivity (Wildman–Crippen MR) is 98.1 cm³/mol. The molecule has 0 bridgehead atoms. The van der Waals surface area contributed by atoms with Gasteiger partial charge in [-0.15, -0.1) is 0 Å². The molecular formula is C19H26ClFN2O2. The Morgan fingerprint density at radius 3 is 2.80 bits per heavy atom. The number of amides is 1. The number of hydrogen-bond acceptors (Lipinski definition) is 3. The Balaban J connectivity index is 2.03. The molecule has 138 valence electrons. The summed E-state index contributed by atoms with van der Waals surface area (Å²) in [5, 5.41) is 0.269. The standard InChI is InChI=1S/C19H26ClFN2O2/c1-6-14-11-16(20)22-15(17(14)21)10-13-7-8-23(12(2)9-13)18(24)25-19(3,4)5/h6,11-13H,1,7-10H2,2-5H3/t12-,13?/m1/s1. The number of likely N-dealkylation sites (tertiary alicyclic amines) is 1. The average molecular weight is 369 g/mol. The molecule has 2 atom stereocenters. The first-order chi connectivity index (χ1) is 11.6. The Morgan fingerprint density at radius 2 is 2.24 bits per heavy atom. The zero-order chi connectivity index (χ0) is 18.8. The largest absolute Gasteiger partial charge is 0.444 e. The lowest BCUT2D eigenvalue weighted by molar-refractivity contribution is 0.00710. The van der Waals surface area contributed by atoms with Crippen molar-refractivity contribution in [3.63, 3.8) is 0 Å². The van der Waals surface area contributed by atoms with Crippen molar-refractivity contribution in [1.29, 1.82) is 0 Å². The summed E-state index contributed by atoms with van der Waals surface area (Å²) >= 11 is 5.98. The van der Waals surface area contributed by atoms with Gasteiger partial charge >= 0.3 is 6.09 Å². The van der Waals surface area contributed by atoms with Gasteiger partial charge in [-0.2, -0.15) is 0 Å². The van der Waals surface area contributed by atoms with Crippen LogP contribution >= 0.6 is 11.6 Å². The lowest BCUT2D eigenvalue weighted by atomic mass is 9.87. The van der Waals surface area contributed by atoms with Crippen molar-refractivity contribution in [3.8, 4) is 0 Å². The number of rotatable bonds is 3. The summed E-state index contributed by atoms with van der Waals surface area (Å²) in [4.78, 5) is 18.2. The van der Waals surface area contributed by atoms with Crippen LogP contribution in [0.1, 0.15) is 51.8 Å². The lowest BCUT2D eigenvalue weighted by Gasteiger charge is -2.38. The van der Waals surface area contributed by atoms with E-state index in [0.717, 1.165) is 12.8 Å². The fraction of sp³-hybridized carbons (Fsp3) is 0.579. The van der Waals surface area contributed by atoms with Gasteiger partial charge in [0, 0.05) is 18.2 Å². The summed E-state index contributed by atoms with van der Waals surface area (Å²) in [6, 6.07) is 1.51. The normalized spacial score (nSPS) is 21.1. The predicted octanol–water partition coefficient (Wildman–Crippen LogP) is 5.10. The van der Waals surface area contributed by atoms with Gasteiger partial charge in [0.25, 0.3) is 0 Å². The van der Waals surface area contributed by atoms with Crippen LogP contribution in [0.3, 0.4) is 0 Å². The summed E-state index contributed by atoms with van der Waals surface area (Å²) in [6.07, 6.45) is 3.20. The second kappa shape index (κ2) is 7.73. The highest BCUT2D eigenvalue weighted by Gasteiger charge is 2.32. The van der Waals surface area contributed by atoms with Crippen molar-refractivity contribution >= 4 is 23.8 Å². The Morgan fingerprint density at radius 1 is 1.56 bits per heavy atom. The Labute approximate surface area is 154 Å². The van der Waals surface area contributed by atoms with Crippen LogP contribution in [-0.2, 0) is 11.2 Å². The first-order valence-corrected chi connectivity index (χ1v) is 8.95. The monoisotopic (exact) mass is 368 g/mol. The first kappa shape index (κ1) is 19.7. The molecule has 0 spiro atoms. The third kappa shape index (κ3) is 5.18. The number of carbonyl (C=O) groups is 1. The Hall–Kier alpha value is -1.62. The molecule has 1 unspecified atom stereocenters. The molecule has 0 aromatic carbocycles. The number of hydrogen-bond donors (Lipinski definition) is 0. The van der Waals surface area contributed by atoms with Gasteiger partial charge in [-0.05, 0) is 58.9 Å². The number of ether oxygens (including phenoxy) is 1. The summed E-state index contributed by atoms with van der Waals surface area (Å²) in [5.74, 6) is -0.117. The van der Waals surface area contributed by atoms with Crippen molar-refractivity contribution in [2.24, 2.45) is 5.92 Å². The van der Waals surface area contributed by atoms with E-state index in [4.69, 9.17) is 16.3 Å².